The van der Waals surface area contributed by atoms with Gasteiger partial charge in [0.05, 0.1) is 29.2 Å². The van der Waals surface area contributed by atoms with E-state index >= 15 is 0 Å². The lowest BCUT2D eigenvalue weighted by Gasteiger charge is -2.37. The van der Waals surface area contributed by atoms with Gasteiger partial charge in [0.2, 0.25) is 17.7 Å². The number of carbonyl (C=O) groups is 3. The second-order valence-corrected chi connectivity index (χ2v) is 11.7. The smallest absolute Gasteiger partial charge is 0.247 e. The molecule has 1 spiro atoms. The Labute approximate surface area is 217 Å². The highest BCUT2D eigenvalue weighted by Gasteiger charge is 2.71. The van der Waals surface area contributed by atoms with Crippen LogP contribution in [0.4, 0.5) is 5.69 Å². The molecule has 0 radical (unpaired) electrons. The van der Waals surface area contributed by atoms with Crippen LogP contribution in [0.15, 0.2) is 54.6 Å². The largest absolute Gasteiger partial charge is 0.394 e. The maximum atomic E-state index is 14.1. The van der Waals surface area contributed by atoms with Gasteiger partial charge < -0.3 is 19.8 Å². The predicted octanol–water partition coefficient (Wildman–Crippen LogP) is 2.86. The van der Waals surface area contributed by atoms with Crippen LogP contribution in [-0.2, 0) is 14.4 Å². The predicted molar refractivity (Wildman–Crippen MR) is 141 cm³/mol. The summed E-state index contributed by atoms with van der Waals surface area (Å²) in [6, 6.07) is 8.29. The highest BCUT2D eigenvalue weighted by molar-refractivity contribution is 8.02. The van der Waals surface area contributed by atoms with E-state index < -0.39 is 28.7 Å². The zero-order valence-corrected chi connectivity index (χ0v) is 21.8. The van der Waals surface area contributed by atoms with Gasteiger partial charge in [-0.1, -0.05) is 62.3 Å². The van der Waals surface area contributed by atoms with Crippen molar-refractivity contribution in [3.8, 4) is 0 Å². The number of benzene rings is 1. The first-order chi connectivity index (χ1) is 17.4. The van der Waals surface area contributed by atoms with E-state index in [4.69, 9.17) is 0 Å². The average Bonchev–Trinajstić information content (AvgIpc) is 3.21. The van der Waals surface area contributed by atoms with Crippen molar-refractivity contribution in [1.29, 1.82) is 0 Å². The topological polar surface area (TPSA) is 81.2 Å². The quantitative estimate of drug-likeness (QED) is 0.452. The fourth-order valence-electron chi connectivity index (χ4n) is 6.28. The number of nitrogens with zero attached hydrogens (tertiary/aromatic N) is 3. The number of anilines is 1. The van der Waals surface area contributed by atoms with Crippen LogP contribution in [0.25, 0.3) is 0 Å². The minimum Gasteiger partial charge on any atom is -0.394 e. The maximum Gasteiger partial charge on any atom is 0.247 e. The number of likely N-dealkylation sites (tertiary alicyclic amines) is 1. The molecule has 36 heavy (non-hydrogen) atoms. The molecular weight excluding hydrogens is 474 g/mol. The molecule has 1 unspecified atom stereocenters. The summed E-state index contributed by atoms with van der Waals surface area (Å²) in [5.74, 6) is -1.60. The van der Waals surface area contributed by atoms with Gasteiger partial charge in [0.25, 0.3) is 0 Å². The molecule has 3 amide bonds. The Hall–Kier alpha value is -2.58. The summed E-state index contributed by atoms with van der Waals surface area (Å²) in [7, 11) is 0. The number of thioether (sulfide) groups is 1. The molecule has 4 heterocycles. The molecule has 0 aromatic heterocycles. The van der Waals surface area contributed by atoms with E-state index in [1.807, 2.05) is 53.5 Å². The molecule has 6 atom stereocenters. The molecule has 0 aliphatic carbocycles. The van der Waals surface area contributed by atoms with E-state index in [1.165, 1.54) is 0 Å². The van der Waals surface area contributed by atoms with Crippen LogP contribution in [-0.4, -0.2) is 80.9 Å². The highest BCUT2D eigenvalue weighted by Crippen LogP contribution is 2.61. The number of aliphatic hydroxyl groups excluding tert-OH is 1. The minimum atomic E-state index is -0.841. The third-order valence-electron chi connectivity index (χ3n) is 8.02. The molecule has 2 fully saturated rings. The number of fused-ring (bicyclic) bond motifs is 2. The lowest BCUT2D eigenvalue weighted by molar-refractivity contribution is -0.145. The summed E-state index contributed by atoms with van der Waals surface area (Å²) < 4.78 is -0.841. The summed E-state index contributed by atoms with van der Waals surface area (Å²) in [6.07, 6.45) is 11.1. The van der Waals surface area contributed by atoms with Crippen molar-refractivity contribution in [1.82, 2.24) is 9.80 Å². The van der Waals surface area contributed by atoms with Gasteiger partial charge in [-0.15, -0.1) is 11.8 Å². The number of hydrogen-bond donors (Lipinski definition) is 1. The number of carbonyl (C=O) groups excluding carboxylic acids is 3. The Bertz CT molecular complexity index is 1080. The monoisotopic (exact) mass is 509 g/mol. The van der Waals surface area contributed by atoms with Crippen LogP contribution in [0.3, 0.4) is 0 Å². The molecule has 1 aromatic rings. The van der Waals surface area contributed by atoms with Gasteiger partial charge in [-0.3, -0.25) is 14.4 Å². The molecule has 4 aliphatic rings. The molecular formula is C28H35N3O4S. The number of aliphatic hydroxyl groups is 1. The number of amides is 3. The van der Waals surface area contributed by atoms with Crippen molar-refractivity contribution < 1.29 is 19.5 Å². The normalized spacial score (nSPS) is 32.3. The van der Waals surface area contributed by atoms with Crippen LogP contribution < -0.4 is 4.90 Å². The molecule has 4 aliphatic heterocycles. The molecule has 2 saturated heterocycles. The molecule has 1 N–H and O–H groups in total. The third kappa shape index (κ3) is 3.89. The van der Waals surface area contributed by atoms with E-state index in [0.717, 1.165) is 24.9 Å². The van der Waals surface area contributed by atoms with Crippen molar-refractivity contribution in [2.75, 3.05) is 31.1 Å². The summed E-state index contributed by atoms with van der Waals surface area (Å²) in [5.41, 5.74) is 0.802. The van der Waals surface area contributed by atoms with Gasteiger partial charge in [-0.25, -0.2) is 0 Å². The molecule has 8 heteroatoms. The van der Waals surface area contributed by atoms with E-state index in [1.54, 1.807) is 28.5 Å². The highest BCUT2D eigenvalue weighted by atomic mass is 32.2. The first-order valence-corrected chi connectivity index (χ1v) is 13.9. The van der Waals surface area contributed by atoms with Crippen LogP contribution >= 0.6 is 11.8 Å². The Morgan fingerprint density at radius 3 is 2.56 bits per heavy atom. The Balaban J connectivity index is 1.56. The number of hydrogen-bond acceptors (Lipinski definition) is 5. The molecule has 192 valence electrons. The van der Waals surface area contributed by atoms with E-state index in [9.17, 15) is 19.5 Å². The first-order valence-electron chi connectivity index (χ1n) is 13.0. The SMILES string of the molecule is CCCCCN1CC=C[C@]23S[C@H]4C=CCN(c5ccccc5)C(=O)[C@H]4[C@H]2C(=O)N([C@H](C)CO)C3C1=O. The molecule has 0 saturated carbocycles. The Kier molecular flexibility index (Phi) is 7.01. The minimum absolute atomic E-state index is 0.0763. The zero-order chi connectivity index (χ0) is 25.4. The first kappa shape index (κ1) is 25.1. The van der Waals surface area contributed by atoms with Crippen LogP contribution in [0.1, 0.15) is 33.1 Å². The van der Waals surface area contributed by atoms with Gasteiger partial charge in [-0.2, -0.15) is 0 Å². The van der Waals surface area contributed by atoms with E-state index in [0.29, 0.717) is 19.6 Å². The van der Waals surface area contributed by atoms with Crippen LogP contribution in [0.5, 0.6) is 0 Å². The van der Waals surface area contributed by atoms with E-state index in [2.05, 4.69) is 13.0 Å². The summed E-state index contributed by atoms with van der Waals surface area (Å²) >= 11 is 1.58. The van der Waals surface area contributed by atoms with Gasteiger partial charge in [-0.05, 0) is 25.5 Å². The van der Waals surface area contributed by atoms with Crippen molar-refractivity contribution in [2.24, 2.45) is 11.8 Å². The van der Waals surface area contributed by atoms with Gasteiger partial charge in [0.15, 0.2) is 0 Å². The zero-order valence-electron chi connectivity index (χ0n) is 21.0. The second-order valence-electron chi connectivity index (χ2n) is 10.2. The summed E-state index contributed by atoms with van der Waals surface area (Å²) in [5, 5.41) is 9.85. The molecule has 0 bridgehead atoms. The number of rotatable bonds is 7. The van der Waals surface area contributed by atoms with Crippen molar-refractivity contribution in [3.05, 3.63) is 54.6 Å². The van der Waals surface area contributed by atoms with Gasteiger partial charge >= 0.3 is 0 Å². The molecule has 1 aromatic carbocycles. The maximum absolute atomic E-state index is 14.1. The lowest BCUT2D eigenvalue weighted by atomic mass is 9.78. The second kappa shape index (κ2) is 10.1. The fraction of sp³-hybridized carbons (Fsp3) is 0.536. The average molecular weight is 510 g/mol. The van der Waals surface area contributed by atoms with Gasteiger partial charge in [0.1, 0.15) is 6.04 Å². The molecule has 7 nitrogen and oxygen atoms in total. The Morgan fingerprint density at radius 1 is 1.06 bits per heavy atom. The molecule has 5 rings (SSSR count). The number of para-hydroxylation sites is 1. The summed E-state index contributed by atoms with van der Waals surface area (Å²) in [6.45, 7) is 5.27. The standard InChI is InChI=1S/C28H35N3O4S/c1-3-4-8-15-29-16-10-14-28-23(26(34)31(19(2)18-32)24(28)27(29)35)22-21(36-28)13-9-17-30(25(22)33)20-11-6-5-7-12-20/h5-7,9-14,19,21-24,32H,3-4,8,15-18H2,1-2H3/t19-,21+,22-,23+,24?,28+/m1/s1. The summed E-state index contributed by atoms with van der Waals surface area (Å²) in [4.78, 5) is 47.5. The van der Waals surface area contributed by atoms with E-state index in [-0.39, 0.29) is 29.6 Å². The van der Waals surface area contributed by atoms with Crippen molar-refractivity contribution >= 4 is 35.2 Å². The van der Waals surface area contributed by atoms with Crippen molar-refractivity contribution in [3.63, 3.8) is 0 Å². The number of unbranched alkanes of at least 4 members (excludes halogenated alkanes) is 2. The van der Waals surface area contributed by atoms with Crippen LogP contribution in [0.2, 0.25) is 0 Å². The van der Waals surface area contributed by atoms with Gasteiger partial charge in [0, 0.05) is 30.6 Å². The lowest BCUT2D eigenvalue weighted by Crippen LogP contribution is -2.56. The third-order valence-corrected chi connectivity index (χ3v) is 9.76. The Morgan fingerprint density at radius 2 is 1.83 bits per heavy atom. The van der Waals surface area contributed by atoms with Crippen molar-refractivity contribution in [2.45, 2.75) is 55.2 Å². The van der Waals surface area contributed by atoms with Crippen LogP contribution in [0, 0.1) is 11.8 Å². The fourth-order valence-corrected chi connectivity index (χ4v) is 8.27.